The second-order valence-electron chi connectivity index (χ2n) is 6.12. The molecule has 142 valence electrons. The first kappa shape index (κ1) is 19.8. The fraction of sp³-hybridized carbons (Fsp3) is 0.316. The molecule has 0 aliphatic carbocycles. The summed E-state index contributed by atoms with van der Waals surface area (Å²) in [7, 11) is 0. The lowest BCUT2D eigenvalue weighted by Crippen LogP contribution is -2.30. The first-order valence-corrected chi connectivity index (χ1v) is 10.8. The summed E-state index contributed by atoms with van der Waals surface area (Å²) in [4.78, 5) is 12.5. The predicted octanol–water partition coefficient (Wildman–Crippen LogP) is 4.17. The highest BCUT2D eigenvalue weighted by Gasteiger charge is 2.20. The number of pyridine rings is 1. The van der Waals surface area contributed by atoms with Crippen LogP contribution >= 0.6 is 27.7 Å². The van der Waals surface area contributed by atoms with Crippen LogP contribution in [0.2, 0.25) is 0 Å². The van der Waals surface area contributed by atoms with Crippen LogP contribution in [0, 0.1) is 5.82 Å². The Morgan fingerprint density at radius 3 is 2.96 bits per heavy atom. The quantitative estimate of drug-likeness (QED) is 0.559. The van der Waals surface area contributed by atoms with E-state index in [-0.39, 0.29) is 24.2 Å². The lowest BCUT2D eigenvalue weighted by atomic mass is 10.1. The molecule has 1 unspecified atom stereocenters. The largest absolute Gasteiger partial charge is 0.346 e. The zero-order valence-electron chi connectivity index (χ0n) is 14.9. The Morgan fingerprint density at radius 2 is 2.19 bits per heavy atom. The Labute approximate surface area is 169 Å². The molecular weight excluding hydrogens is 431 g/mol. The molecule has 0 aliphatic rings. The molecule has 8 heteroatoms. The smallest absolute Gasteiger partial charge is 0.220 e. The first-order chi connectivity index (χ1) is 13.1. The zero-order valence-corrected chi connectivity index (χ0v) is 17.3. The minimum atomic E-state index is -0.306. The first-order valence-electron chi connectivity index (χ1n) is 8.60. The maximum atomic E-state index is 13.9. The number of halogens is 2. The maximum Gasteiger partial charge on any atom is 0.220 e. The summed E-state index contributed by atoms with van der Waals surface area (Å²) in [6, 6.07) is 10.3. The average Bonchev–Trinajstić information content (AvgIpc) is 3.08. The molecule has 2 aromatic heterocycles. The predicted molar refractivity (Wildman–Crippen MR) is 109 cm³/mol. The van der Waals surface area contributed by atoms with Gasteiger partial charge in [-0.3, -0.25) is 9.20 Å². The molecule has 0 aliphatic heterocycles. The summed E-state index contributed by atoms with van der Waals surface area (Å²) >= 11 is 4.95. The molecular formula is C19H20BrFN4OS. The van der Waals surface area contributed by atoms with E-state index in [1.54, 1.807) is 23.9 Å². The van der Waals surface area contributed by atoms with Crippen LogP contribution in [-0.4, -0.2) is 32.5 Å². The van der Waals surface area contributed by atoms with Crippen LogP contribution in [0.15, 0.2) is 47.1 Å². The lowest BCUT2D eigenvalue weighted by Gasteiger charge is -2.17. The molecule has 0 saturated carbocycles. The number of hydrogen-bond acceptors (Lipinski definition) is 4. The monoisotopic (exact) mass is 450 g/mol. The molecule has 1 N–H and O–H groups in total. The van der Waals surface area contributed by atoms with Gasteiger partial charge in [0.05, 0.1) is 6.04 Å². The van der Waals surface area contributed by atoms with Gasteiger partial charge in [0.2, 0.25) is 5.91 Å². The van der Waals surface area contributed by atoms with Gasteiger partial charge in [-0.15, -0.1) is 10.2 Å². The molecule has 1 amide bonds. The van der Waals surface area contributed by atoms with Crippen molar-refractivity contribution in [3.05, 3.63) is 64.3 Å². The molecule has 0 radical (unpaired) electrons. The van der Waals surface area contributed by atoms with Crippen LogP contribution in [0.25, 0.3) is 5.65 Å². The summed E-state index contributed by atoms with van der Waals surface area (Å²) in [6.07, 6.45) is 5.22. The number of hydrogen-bond donors (Lipinski definition) is 1. The van der Waals surface area contributed by atoms with Crippen LogP contribution < -0.4 is 5.32 Å². The molecule has 1 atom stereocenters. The fourth-order valence-corrected chi connectivity index (χ4v) is 3.64. The van der Waals surface area contributed by atoms with E-state index in [4.69, 9.17) is 0 Å². The number of fused-ring (bicyclic) bond motifs is 1. The van der Waals surface area contributed by atoms with Crippen LogP contribution in [0.1, 0.15) is 30.3 Å². The van der Waals surface area contributed by atoms with E-state index in [9.17, 15) is 9.18 Å². The van der Waals surface area contributed by atoms with Crippen LogP contribution in [0.4, 0.5) is 4.39 Å². The molecule has 3 aromatic rings. The van der Waals surface area contributed by atoms with Gasteiger partial charge in [0.25, 0.3) is 0 Å². The van der Waals surface area contributed by atoms with Crippen molar-refractivity contribution in [2.45, 2.75) is 25.3 Å². The van der Waals surface area contributed by atoms with Crippen molar-refractivity contribution >= 4 is 39.2 Å². The minimum Gasteiger partial charge on any atom is -0.346 e. The Hall–Kier alpha value is -1.93. The number of amides is 1. The number of aromatic nitrogens is 3. The standard InChI is InChI=1S/C19H20BrFN4OS/c1-27-11-9-16(19-24-23-17-4-2-3-10-25(17)19)22-18(26)8-6-13-5-7-14(20)12-15(13)21/h2-5,7,10,12,16H,6,8-9,11H2,1H3,(H,22,26). The maximum absolute atomic E-state index is 13.9. The number of carbonyl (C=O) groups excluding carboxylic acids is 1. The Kier molecular flexibility index (Phi) is 6.84. The van der Waals surface area contributed by atoms with E-state index in [0.717, 1.165) is 17.8 Å². The highest BCUT2D eigenvalue weighted by molar-refractivity contribution is 9.10. The molecule has 2 heterocycles. The molecule has 0 spiro atoms. The van der Waals surface area contributed by atoms with Crippen LogP contribution in [0.3, 0.4) is 0 Å². The summed E-state index contributed by atoms with van der Waals surface area (Å²) < 4.78 is 16.5. The number of nitrogens with zero attached hydrogens (tertiary/aromatic N) is 3. The van der Waals surface area contributed by atoms with Crippen molar-refractivity contribution in [3.63, 3.8) is 0 Å². The van der Waals surface area contributed by atoms with Gasteiger partial charge in [-0.25, -0.2) is 4.39 Å². The van der Waals surface area contributed by atoms with E-state index >= 15 is 0 Å². The van der Waals surface area contributed by atoms with Gasteiger partial charge in [-0.05, 0) is 54.7 Å². The van der Waals surface area contributed by atoms with Crippen molar-refractivity contribution in [1.82, 2.24) is 19.9 Å². The minimum absolute atomic E-state index is 0.129. The van der Waals surface area contributed by atoms with Gasteiger partial charge in [0, 0.05) is 17.1 Å². The van der Waals surface area contributed by atoms with Crippen molar-refractivity contribution in [3.8, 4) is 0 Å². The molecule has 0 bridgehead atoms. The molecule has 0 saturated heterocycles. The Bertz CT molecular complexity index is 933. The molecule has 1 aromatic carbocycles. The van der Waals surface area contributed by atoms with Crippen molar-refractivity contribution < 1.29 is 9.18 Å². The molecule has 0 fully saturated rings. The van der Waals surface area contributed by atoms with Gasteiger partial charge < -0.3 is 5.32 Å². The second-order valence-corrected chi connectivity index (χ2v) is 8.03. The number of carbonyl (C=O) groups is 1. The number of rotatable bonds is 8. The fourth-order valence-electron chi connectivity index (χ4n) is 2.84. The Morgan fingerprint density at radius 1 is 1.33 bits per heavy atom. The summed E-state index contributed by atoms with van der Waals surface area (Å²) in [6.45, 7) is 0. The number of nitrogens with one attached hydrogen (secondary N) is 1. The topological polar surface area (TPSA) is 59.3 Å². The van der Waals surface area contributed by atoms with Crippen LogP contribution in [0.5, 0.6) is 0 Å². The summed E-state index contributed by atoms with van der Waals surface area (Å²) in [5, 5.41) is 11.5. The third kappa shape index (κ3) is 5.07. The van der Waals surface area contributed by atoms with E-state index in [1.165, 1.54) is 6.07 Å². The molecule has 27 heavy (non-hydrogen) atoms. The van der Waals surface area contributed by atoms with Gasteiger partial charge in [-0.1, -0.05) is 28.1 Å². The normalized spacial score (nSPS) is 12.3. The van der Waals surface area contributed by atoms with Gasteiger partial charge >= 0.3 is 0 Å². The summed E-state index contributed by atoms with van der Waals surface area (Å²) in [5.74, 6) is 1.16. The average molecular weight is 451 g/mol. The summed E-state index contributed by atoms with van der Waals surface area (Å²) in [5.41, 5.74) is 1.27. The number of thioether (sulfide) groups is 1. The van der Waals surface area contributed by atoms with E-state index in [0.29, 0.717) is 22.3 Å². The van der Waals surface area contributed by atoms with Crippen molar-refractivity contribution in [2.24, 2.45) is 0 Å². The van der Waals surface area contributed by atoms with E-state index in [2.05, 4.69) is 31.4 Å². The lowest BCUT2D eigenvalue weighted by molar-refractivity contribution is -0.121. The molecule has 5 nitrogen and oxygen atoms in total. The Balaban J connectivity index is 1.69. The SMILES string of the molecule is CSCCC(NC(=O)CCc1ccc(Br)cc1F)c1nnc2ccccn12. The van der Waals surface area contributed by atoms with E-state index in [1.807, 2.05) is 35.1 Å². The molecule has 3 rings (SSSR count). The second kappa shape index (κ2) is 9.32. The van der Waals surface area contributed by atoms with Gasteiger partial charge in [0.15, 0.2) is 11.5 Å². The van der Waals surface area contributed by atoms with Gasteiger partial charge in [0.1, 0.15) is 5.82 Å². The highest BCUT2D eigenvalue weighted by atomic mass is 79.9. The number of aryl methyl sites for hydroxylation is 1. The van der Waals surface area contributed by atoms with E-state index < -0.39 is 0 Å². The van der Waals surface area contributed by atoms with Crippen LogP contribution in [-0.2, 0) is 11.2 Å². The third-order valence-electron chi connectivity index (χ3n) is 4.23. The van der Waals surface area contributed by atoms with Crippen molar-refractivity contribution in [2.75, 3.05) is 12.0 Å². The number of benzene rings is 1. The third-order valence-corrected chi connectivity index (χ3v) is 5.37. The zero-order chi connectivity index (χ0) is 19.2. The highest BCUT2D eigenvalue weighted by Crippen LogP contribution is 2.20. The van der Waals surface area contributed by atoms with Gasteiger partial charge in [-0.2, -0.15) is 11.8 Å². The van der Waals surface area contributed by atoms with Crippen molar-refractivity contribution in [1.29, 1.82) is 0 Å².